The maximum Gasteiger partial charge on any atom is 0.249 e. The second-order valence-corrected chi connectivity index (χ2v) is 15.3. The SMILES string of the molecule is Cc1sc2c(c1C)C(c1ccc(Cl)cc1)=N[C@@H](CC(=O)NCCCCCNCCNc1cccc(CC(=O)NC3CCC(=O)NC3=O)c1)c1nnc(C)n1-2. The monoisotopic (exact) mass is 771 g/mol. The van der Waals surface area contributed by atoms with Gasteiger partial charge in [0.2, 0.25) is 23.6 Å². The van der Waals surface area contributed by atoms with Crippen molar-refractivity contribution < 1.29 is 19.2 Å². The minimum atomic E-state index is -0.678. The zero-order valence-electron chi connectivity index (χ0n) is 30.8. The van der Waals surface area contributed by atoms with Crippen LogP contribution in [0.3, 0.4) is 0 Å². The number of thiophene rings is 1. The predicted molar refractivity (Wildman–Crippen MR) is 211 cm³/mol. The first-order chi connectivity index (χ1) is 26.1. The highest BCUT2D eigenvalue weighted by atomic mass is 35.5. The van der Waals surface area contributed by atoms with Gasteiger partial charge in [0.15, 0.2) is 5.82 Å². The molecule has 2 aliphatic heterocycles. The van der Waals surface area contributed by atoms with Gasteiger partial charge < -0.3 is 21.3 Å². The molecule has 1 fully saturated rings. The maximum atomic E-state index is 13.2. The van der Waals surface area contributed by atoms with Crippen LogP contribution in [0.15, 0.2) is 53.5 Å². The molecule has 4 amide bonds. The molecule has 0 aliphatic carbocycles. The lowest BCUT2D eigenvalue weighted by molar-refractivity contribution is -0.137. The number of unbranched alkanes of at least 4 members (excludes halogenated alkanes) is 2. The number of fused-ring (bicyclic) bond motifs is 3. The van der Waals surface area contributed by atoms with Crippen LogP contribution in [0.5, 0.6) is 0 Å². The molecule has 2 aromatic heterocycles. The van der Waals surface area contributed by atoms with Gasteiger partial charge >= 0.3 is 0 Å². The first kappa shape index (κ1) is 38.8. The van der Waals surface area contributed by atoms with E-state index in [1.165, 1.54) is 4.88 Å². The number of imide groups is 1. The van der Waals surface area contributed by atoms with Crippen LogP contribution < -0.4 is 26.6 Å². The van der Waals surface area contributed by atoms with Gasteiger partial charge in [-0.2, -0.15) is 0 Å². The minimum absolute atomic E-state index is 0.0761. The molecule has 4 aromatic rings. The van der Waals surface area contributed by atoms with Crippen LogP contribution in [0.1, 0.15) is 83.3 Å². The summed E-state index contributed by atoms with van der Waals surface area (Å²) < 4.78 is 2.05. The molecule has 0 radical (unpaired) electrons. The number of benzene rings is 2. The molecule has 4 heterocycles. The molecule has 2 aliphatic rings. The molecule has 2 atom stereocenters. The number of carbonyl (C=O) groups is 4. The zero-order chi connectivity index (χ0) is 38.2. The summed E-state index contributed by atoms with van der Waals surface area (Å²) in [5.41, 5.74) is 5.69. The topological polar surface area (TPSA) is 172 Å². The van der Waals surface area contributed by atoms with Gasteiger partial charge in [-0.05, 0) is 82.0 Å². The van der Waals surface area contributed by atoms with Crippen LogP contribution in [0.4, 0.5) is 5.69 Å². The molecule has 1 unspecified atom stereocenters. The Kier molecular flexibility index (Phi) is 12.9. The molecule has 5 N–H and O–H groups in total. The first-order valence-corrected chi connectivity index (χ1v) is 19.6. The zero-order valence-corrected chi connectivity index (χ0v) is 32.3. The number of piperidine rings is 1. The molecule has 0 spiro atoms. The van der Waals surface area contributed by atoms with E-state index in [0.29, 0.717) is 30.4 Å². The molecule has 6 rings (SSSR count). The number of amides is 4. The Bertz CT molecular complexity index is 2040. The largest absolute Gasteiger partial charge is 0.384 e. The van der Waals surface area contributed by atoms with Crippen molar-refractivity contribution in [2.75, 3.05) is 31.5 Å². The molecule has 1 saturated heterocycles. The van der Waals surface area contributed by atoms with Gasteiger partial charge in [-0.15, -0.1) is 21.5 Å². The summed E-state index contributed by atoms with van der Waals surface area (Å²) >= 11 is 7.91. The van der Waals surface area contributed by atoms with E-state index in [9.17, 15) is 19.2 Å². The molecular weight excluding hydrogens is 726 g/mol. The van der Waals surface area contributed by atoms with Crippen molar-refractivity contribution in [2.45, 2.75) is 77.8 Å². The quantitative estimate of drug-likeness (QED) is 0.0810. The standard InChI is InChI=1S/C39H46ClN9O4S/c1-23-24(2)54-39-35(23)36(27-10-12-28(40)13-11-27)45-31(37-48-47-25(3)49(37)39)22-33(51)43-17-6-4-5-16-41-18-19-42-29-9-7-8-26(20-29)21-34(52)44-30-14-15-32(50)46-38(30)53/h7-13,20,30-31,41-42H,4-6,14-19,21-22H2,1-3H3,(H,43,51)(H,44,52)(H,46,50,53)/t30?,31-/m0/s1. The summed E-state index contributed by atoms with van der Waals surface area (Å²) in [6.45, 7) is 9.07. The van der Waals surface area contributed by atoms with Crippen LogP contribution in [-0.2, 0) is 25.6 Å². The lowest BCUT2D eigenvalue weighted by Gasteiger charge is -2.21. The highest BCUT2D eigenvalue weighted by molar-refractivity contribution is 7.15. The Balaban J connectivity index is 0.905. The Labute approximate surface area is 323 Å². The Morgan fingerprint density at radius 1 is 0.963 bits per heavy atom. The fourth-order valence-electron chi connectivity index (χ4n) is 6.63. The van der Waals surface area contributed by atoms with Crippen molar-refractivity contribution in [3.63, 3.8) is 0 Å². The number of anilines is 1. The number of aryl methyl sites for hydroxylation is 2. The number of rotatable bonds is 16. The van der Waals surface area contributed by atoms with Gasteiger partial charge in [0, 0.05) is 52.8 Å². The van der Waals surface area contributed by atoms with Gasteiger partial charge in [0.1, 0.15) is 22.9 Å². The molecule has 15 heteroatoms. The Hall–Kier alpha value is -4.92. The highest BCUT2D eigenvalue weighted by Gasteiger charge is 2.32. The van der Waals surface area contributed by atoms with E-state index in [-0.39, 0.29) is 37.0 Å². The molecule has 0 bridgehead atoms. The van der Waals surface area contributed by atoms with Crippen molar-refractivity contribution in [1.29, 1.82) is 0 Å². The van der Waals surface area contributed by atoms with E-state index in [2.05, 4.69) is 55.2 Å². The third-order valence-corrected chi connectivity index (χ3v) is 11.0. The number of nitrogens with one attached hydrogen (secondary N) is 5. The molecule has 284 valence electrons. The molecule has 0 saturated carbocycles. The first-order valence-electron chi connectivity index (χ1n) is 18.4. The Morgan fingerprint density at radius 2 is 1.76 bits per heavy atom. The lowest BCUT2D eigenvalue weighted by Crippen LogP contribution is -2.52. The number of aromatic nitrogens is 3. The highest BCUT2D eigenvalue weighted by Crippen LogP contribution is 2.39. The average molecular weight is 772 g/mol. The van der Waals surface area contributed by atoms with Crippen molar-refractivity contribution >= 4 is 58.0 Å². The van der Waals surface area contributed by atoms with Crippen molar-refractivity contribution in [3.05, 3.63) is 92.3 Å². The summed E-state index contributed by atoms with van der Waals surface area (Å²) in [7, 11) is 0. The molecular formula is C39H46ClN9O4S. The third kappa shape index (κ3) is 9.59. The summed E-state index contributed by atoms with van der Waals surface area (Å²) in [6.07, 6.45) is 3.65. The van der Waals surface area contributed by atoms with Crippen LogP contribution in [0, 0.1) is 20.8 Å². The van der Waals surface area contributed by atoms with Gasteiger partial charge in [0.05, 0.1) is 18.6 Å². The number of hydrogen-bond acceptors (Lipinski definition) is 10. The summed E-state index contributed by atoms with van der Waals surface area (Å²) in [5.74, 6) is 0.318. The molecule has 13 nitrogen and oxygen atoms in total. The fraction of sp³-hybridized carbons (Fsp3) is 0.410. The van der Waals surface area contributed by atoms with Gasteiger partial charge in [-0.3, -0.25) is 34.1 Å². The number of carbonyl (C=O) groups excluding carboxylic acids is 4. The summed E-state index contributed by atoms with van der Waals surface area (Å²) in [5, 5.41) is 25.4. The third-order valence-electron chi connectivity index (χ3n) is 9.59. The number of hydrogen-bond donors (Lipinski definition) is 5. The van der Waals surface area contributed by atoms with Crippen LogP contribution in [-0.4, -0.2) is 76.3 Å². The van der Waals surface area contributed by atoms with Gasteiger partial charge in [-0.25, -0.2) is 0 Å². The van der Waals surface area contributed by atoms with E-state index in [4.69, 9.17) is 16.6 Å². The second kappa shape index (κ2) is 17.9. The van der Waals surface area contributed by atoms with Crippen LogP contribution in [0.2, 0.25) is 5.02 Å². The van der Waals surface area contributed by atoms with E-state index < -0.39 is 18.0 Å². The Morgan fingerprint density at radius 3 is 2.56 bits per heavy atom. The number of nitrogens with zero attached hydrogens (tertiary/aromatic N) is 4. The van der Waals surface area contributed by atoms with Crippen molar-refractivity contribution in [1.82, 2.24) is 36.0 Å². The van der Waals surface area contributed by atoms with E-state index in [1.807, 2.05) is 55.5 Å². The molecule has 54 heavy (non-hydrogen) atoms. The summed E-state index contributed by atoms with van der Waals surface area (Å²) in [6, 6.07) is 14.1. The summed E-state index contributed by atoms with van der Waals surface area (Å²) in [4.78, 5) is 55.4. The molecule has 2 aromatic carbocycles. The van der Waals surface area contributed by atoms with Gasteiger partial charge in [-0.1, -0.05) is 42.3 Å². The number of halogens is 1. The van der Waals surface area contributed by atoms with Gasteiger partial charge in [0.25, 0.3) is 0 Å². The maximum absolute atomic E-state index is 13.2. The average Bonchev–Trinajstić information content (AvgIpc) is 3.62. The fourth-order valence-corrected chi connectivity index (χ4v) is 7.97. The minimum Gasteiger partial charge on any atom is -0.384 e. The van der Waals surface area contributed by atoms with Crippen molar-refractivity contribution in [2.24, 2.45) is 4.99 Å². The van der Waals surface area contributed by atoms with Crippen LogP contribution >= 0.6 is 22.9 Å². The second-order valence-electron chi connectivity index (χ2n) is 13.6. The number of aliphatic imine (C=N–C) groups is 1. The smallest absolute Gasteiger partial charge is 0.249 e. The lowest BCUT2D eigenvalue weighted by atomic mass is 9.99. The van der Waals surface area contributed by atoms with E-state index in [1.54, 1.807) is 11.3 Å². The normalized spacial score (nSPS) is 16.5. The van der Waals surface area contributed by atoms with Crippen molar-refractivity contribution in [3.8, 4) is 5.00 Å². The van der Waals surface area contributed by atoms with E-state index in [0.717, 1.165) is 76.8 Å². The van der Waals surface area contributed by atoms with E-state index >= 15 is 0 Å². The predicted octanol–water partition coefficient (Wildman–Crippen LogP) is 4.64. The van der Waals surface area contributed by atoms with Crippen LogP contribution in [0.25, 0.3) is 5.00 Å².